The Morgan fingerprint density at radius 3 is 1.71 bits per heavy atom. The highest BCUT2D eigenvalue weighted by molar-refractivity contribution is 6.14. The third-order valence-corrected chi connectivity index (χ3v) is 7.45. The number of hydrogen-bond acceptors (Lipinski definition) is 6. The van der Waals surface area contributed by atoms with Crippen LogP contribution in [-0.2, 0) is 19.1 Å². The first-order valence-corrected chi connectivity index (χ1v) is 14.2. The zero-order valence-electron chi connectivity index (χ0n) is 25.6. The van der Waals surface area contributed by atoms with Crippen molar-refractivity contribution in [2.24, 2.45) is 17.8 Å². The summed E-state index contributed by atoms with van der Waals surface area (Å²) in [6.45, 7) is 15.1. The Morgan fingerprint density at radius 2 is 1.24 bits per heavy atom. The van der Waals surface area contributed by atoms with Crippen LogP contribution >= 0.6 is 0 Å². The van der Waals surface area contributed by atoms with Gasteiger partial charge in [-0.2, -0.15) is 0 Å². The highest BCUT2D eigenvalue weighted by Gasteiger charge is 2.27. The zero-order chi connectivity index (χ0) is 28.8. The minimum Gasteiger partial charge on any atom is -0.496 e. The van der Waals surface area contributed by atoms with Crippen molar-refractivity contribution in [3.05, 3.63) is 34.1 Å². The second-order valence-corrected chi connectivity index (χ2v) is 11.2. The van der Waals surface area contributed by atoms with Crippen molar-refractivity contribution < 1.29 is 28.5 Å². The molecule has 0 aliphatic rings. The van der Waals surface area contributed by atoms with Crippen LogP contribution in [-0.4, -0.2) is 33.3 Å². The third kappa shape index (κ3) is 10.7. The predicted molar refractivity (Wildman–Crippen MR) is 154 cm³/mol. The monoisotopic (exact) mass is 532 g/mol. The normalized spacial score (nSPS) is 12.6. The van der Waals surface area contributed by atoms with Crippen LogP contribution in [0.15, 0.2) is 17.4 Å². The summed E-state index contributed by atoms with van der Waals surface area (Å²) in [5.74, 6) is 2.24. The molecule has 0 radical (unpaired) electrons. The van der Waals surface area contributed by atoms with Gasteiger partial charge in [-0.15, -0.1) is 0 Å². The second kappa shape index (κ2) is 17.2. The Morgan fingerprint density at radius 1 is 0.737 bits per heavy atom. The molecule has 2 atom stereocenters. The molecule has 6 nitrogen and oxygen atoms in total. The van der Waals surface area contributed by atoms with Crippen molar-refractivity contribution >= 4 is 11.9 Å². The summed E-state index contributed by atoms with van der Waals surface area (Å²) in [7, 11) is 4.14. The number of allylic oxidation sites excluding steroid dienone is 1. The van der Waals surface area contributed by atoms with Crippen LogP contribution in [0.4, 0.5) is 0 Å². The number of hydrogen-bond donors (Lipinski definition) is 0. The molecule has 0 unspecified atom stereocenters. The number of benzene rings is 1. The molecule has 38 heavy (non-hydrogen) atoms. The van der Waals surface area contributed by atoms with Crippen molar-refractivity contribution in [3.63, 3.8) is 0 Å². The van der Waals surface area contributed by atoms with Crippen molar-refractivity contribution in [3.8, 4) is 11.5 Å². The molecule has 0 spiro atoms. The highest BCUT2D eigenvalue weighted by atomic mass is 16.5. The van der Waals surface area contributed by atoms with Crippen LogP contribution in [0.2, 0.25) is 0 Å². The first-order chi connectivity index (χ1) is 18.0. The fourth-order valence-electron chi connectivity index (χ4n) is 4.91. The molecule has 0 heterocycles. The van der Waals surface area contributed by atoms with Crippen LogP contribution in [0.1, 0.15) is 102 Å². The van der Waals surface area contributed by atoms with Gasteiger partial charge in [0.05, 0.1) is 21.3 Å². The fraction of sp³-hybridized carbons (Fsp3) is 0.688. The summed E-state index contributed by atoms with van der Waals surface area (Å²) in [5.41, 5.74) is 2.56. The zero-order valence-corrected chi connectivity index (χ0v) is 25.6. The first kappa shape index (κ1) is 33.5. The van der Waals surface area contributed by atoms with E-state index in [-0.39, 0.29) is 11.3 Å². The molecule has 1 rings (SSSR count). The summed E-state index contributed by atoms with van der Waals surface area (Å²) in [6.07, 6.45) is 9.79. The Labute approximate surface area is 231 Å². The standard InChI is InChI=1S/C32H52O6/c1-21(2)14-11-15-22(3)16-12-17-23(4)18-13-19-27(29(31(33)36-9)32(34)37-10)38-28-20-24(5)30(35-8)26(7)25(28)6/h20-23H,11-19H2,1-10H3/t22-,23-/m1/s1. The summed E-state index contributed by atoms with van der Waals surface area (Å²) in [6, 6.07) is 1.87. The number of methoxy groups -OCH3 is 3. The maximum absolute atomic E-state index is 12.6. The van der Waals surface area contributed by atoms with Crippen LogP contribution < -0.4 is 9.47 Å². The maximum atomic E-state index is 12.6. The summed E-state index contributed by atoms with van der Waals surface area (Å²) in [4.78, 5) is 25.2. The van der Waals surface area contributed by atoms with E-state index in [0.29, 0.717) is 18.1 Å². The van der Waals surface area contributed by atoms with E-state index in [1.54, 1.807) is 7.11 Å². The molecule has 0 bridgehead atoms. The summed E-state index contributed by atoms with van der Waals surface area (Å²) < 4.78 is 21.6. The average Bonchev–Trinajstić information content (AvgIpc) is 2.86. The van der Waals surface area contributed by atoms with E-state index >= 15 is 0 Å². The van der Waals surface area contributed by atoms with Crippen LogP contribution in [0.5, 0.6) is 11.5 Å². The smallest absolute Gasteiger partial charge is 0.348 e. The van der Waals surface area contributed by atoms with E-state index in [1.165, 1.54) is 52.7 Å². The summed E-state index contributed by atoms with van der Waals surface area (Å²) >= 11 is 0. The fourth-order valence-corrected chi connectivity index (χ4v) is 4.91. The van der Waals surface area contributed by atoms with Gasteiger partial charge in [-0.05, 0) is 67.7 Å². The molecule has 0 N–H and O–H groups in total. The quantitative estimate of drug-likeness (QED) is 0.0665. The van der Waals surface area contributed by atoms with Gasteiger partial charge in [0.1, 0.15) is 17.3 Å². The van der Waals surface area contributed by atoms with Crippen molar-refractivity contribution in [1.82, 2.24) is 0 Å². The SMILES string of the molecule is COC(=O)C(C(=O)OC)=C(CCC[C@H](C)CCC[C@H](C)CCCC(C)C)Oc1cc(C)c(OC)c(C)c1C. The van der Waals surface area contributed by atoms with Gasteiger partial charge in [0.15, 0.2) is 5.57 Å². The van der Waals surface area contributed by atoms with E-state index in [0.717, 1.165) is 47.1 Å². The Kier molecular flexibility index (Phi) is 15.1. The number of ether oxygens (including phenoxy) is 4. The molecule has 0 saturated carbocycles. The number of carbonyl (C=O) groups is 2. The van der Waals surface area contributed by atoms with E-state index < -0.39 is 11.9 Å². The minimum absolute atomic E-state index is 0.191. The van der Waals surface area contributed by atoms with Gasteiger partial charge in [-0.25, -0.2) is 9.59 Å². The Balaban J connectivity index is 2.94. The molecule has 0 fully saturated rings. The molecular formula is C32H52O6. The lowest BCUT2D eigenvalue weighted by atomic mass is 9.92. The lowest BCUT2D eigenvalue weighted by molar-refractivity contribution is -0.144. The predicted octanol–water partition coefficient (Wildman–Crippen LogP) is 8.04. The van der Waals surface area contributed by atoms with E-state index in [2.05, 4.69) is 27.7 Å². The maximum Gasteiger partial charge on any atom is 0.348 e. The molecule has 0 aliphatic heterocycles. The number of aryl methyl sites for hydroxylation is 1. The largest absolute Gasteiger partial charge is 0.496 e. The molecule has 0 amide bonds. The first-order valence-electron chi connectivity index (χ1n) is 14.2. The van der Waals surface area contributed by atoms with Crippen molar-refractivity contribution in [2.45, 2.75) is 106 Å². The van der Waals surface area contributed by atoms with Crippen LogP contribution in [0.25, 0.3) is 0 Å². The molecule has 0 saturated heterocycles. The van der Waals surface area contributed by atoms with E-state index in [1.807, 2.05) is 26.8 Å². The number of carbonyl (C=O) groups excluding carboxylic acids is 2. The molecular weight excluding hydrogens is 480 g/mol. The molecule has 0 aromatic heterocycles. The van der Waals surface area contributed by atoms with E-state index in [4.69, 9.17) is 18.9 Å². The molecule has 1 aromatic carbocycles. The lowest BCUT2D eigenvalue weighted by Crippen LogP contribution is -2.21. The molecule has 0 aliphatic carbocycles. The average molecular weight is 533 g/mol. The minimum atomic E-state index is -0.758. The van der Waals surface area contributed by atoms with E-state index in [9.17, 15) is 9.59 Å². The second-order valence-electron chi connectivity index (χ2n) is 11.2. The molecule has 216 valence electrons. The lowest BCUT2D eigenvalue weighted by Gasteiger charge is -2.20. The number of rotatable bonds is 17. The van der Waals surface area contributed by atoms with Gasteiger partial charge in [0, 0.05) is 6.42 Å². The van der Waals surface area contributed by atoms with Crippen molar-refractivity contribution in [1.29, 1.82) is 0 Å². The van der Waals surface area contributed by atoms with Gasteiger partial charge < -0.3 is 18.9 Å². The Bertz CT molecular complexity index is 912. The highest BCUT2D eigenvalue weighted by Crippen LogP contribution is 2.35. The Hall–Kier alpha value is -2.50. The third-order valence-electron chi connectivity index (χ3n) is 7.45. The molecule has 6 heteroatoms. The molecule has 1 aromatic rings. The van der Waals surface area contributed by atoms with Crippen LogP contribution in [0.3, 0.4) is 0 Å². The van der Waals surface area contributed by atoms with Crippen molar-refractivity contribution in [2.75, 3.05) is 21.3 Å². The summed E-state index contributed by atoms with van der Waals surface area (Å²) in [5, 5.41) is 0. The van der Waals surface area contributed by atoms with Gasteiger partial charge in [0.25, 0.3) is 0 Å². The number of esters is 2. The van der Waals surface area contributed by atoms with Gasteiger partial charge in [-0.3, -0.25) is 0 Å². The van der Waals surface area contributed by atoms with Crippen LogP contribution in [0, 0.1) is 38.5 Å². The van der Waals surface area contributed by atoms with Gasteiger partial charge in [0.2, 0.25) is 0 Å². The van der Waals surface area contributed by atoms with Gasteiger partial charge in [-0.1, -0.05) is 72.6 Å². The topological polar surface area (TPSA) is 71.1 Å². The van der Waals surface area contributed by atoms with Gasteiger partial charge >= 0.3 is 11.9 Å².